The number of benzene rings is 1. The quantitative estimate of drug-likeness (QED) is 0.626. The van der Waals surface area contributed by atoms with Crippen LogP contribution in [0.2, 0.25) is 0 Å². The highest BCUT2D eigenvalue weighted by Crippen LogP contribution is 2.28. The number of carboxylic acid groups (broad SMARTS) is 1. The number of amides is 2. The van der Waals surface area contributed by atoms with Gasteiger partial charge in [0.15, 0.2) is 0 Å². The Hall–Kier alpha value is -1.89. The number of carboxylic acids is 1. The Morgan fingerprint density at radius 3 is 2.67 bits per heavy atom. The van der Waals surface area contributed by atoms with Gasteiger partial charge in [-0.25, -0.2) is 0 Å². The molecule has 7 heteroatoms. The Morgan fingerprint density at radius 2 is 2.04 bits per heavy atom. The molecule has 0 saturated heterocycles. The van der Waals surface area contributed by atoms with Gasteiger partial charge in [-0.15, -0.1) is 0 Å². The average Bonchev–Trinajstić information content (AvgIpc) is 3.35. The van der Waals surface area contributed by atoms with E-state index in [9.17, 15) is 14.4 Å². The lowest BCUT2D eigenvalue weighted by atomic mass is 10.2. The van der Waals surface area contributed by atoms with E-state index in [1.807, 2.05) is 24.3 Å². The lowest BCUT2D eigenvalue weighted by Gasteiger charge is -2.21. The van der Waals surface area contributed by atoms with Crippen molar-refractivity contribution in [3.8, 4) is 0 Å². The molecule has 1 aromatic rings. The van der Waals surface area contributed by atoms with Crippen LogP contribution in [0.15, 0.2) is 28.7 Å². The SMILES string of the molecule is O=C(O)CN(Cc1cccc(Br)c1)C(=O)CCCNC(=O)C1CC1. The highest BCUT2D eigenvalue weighted by atomic mass is 79.9. The minimum absolute atomic E-state index is 0.0546. The van der Waals surface area contributed by atoms with E-state index < -0.39 is 5.97 Å². The zero-order valence-electron chi connectivity index (χ0n) is 13.3. The molecular weight excluding hydrogens is 376 g/mol. The van der Waals surface area contributed by atoms with Gasteiger partial charge >= 0.3 is 5.97 Å². The summed E-state index contributed by atoms with van der Waals surface area (Å²) in [5.41, 5.74) is 0.862. The summed E-state index contributed by atoms with van der Waals surface area (Å²) < 4.78 is 0.880. The first-order chi connectivity index (χ1) is 11.5. The fourth-order valence-corrected chi connectivity index (χ4v) is 2.80. The second-order valence-electron chi connectivity index (χ2n) is 5.94. The van der Waals surface area contributed by atoms with Gasteiger partial charge in [0.2, 0.25) is 11.8 Å². The molecular formula is C17H21BrN2O4. The monoisotopic (exact) mass is 396 g/mol. The number of nitrogens with zero attached hydrogens (tertiary/aromatic N) is 1. The van der Waals surface area contributed by atoms with E-state index in [2.05, 4.69) is 21.2 Å². The van der Waals surface area contributed by atoms with Crippen molar-refractivity contribution in [3.05, 3.63) is 34.3 Å². The van der Waals surface area contributed by atoms with E-state index in [0.29, 0.717) is 13.0 Å². The van der Waals surface area contributed by atoms with Crippen LogP contribution in [0.25, 0.3) is 0 Å². The molecule has 0 unspecified atom stereocenters. The second-order valence-corrected chi connectivity index (χ2v) is 6.86. The predicted octanol–water partition coefficient (Wildman–Crippen LogP) is 2.17. The van der Waals surface area contributed by atoms with Crippen molar-refractivity contribution in [1.82, 2.24) is 10.2 Å². The van der Waals surface area contributed by atoms with Crippen LogP contribution in [-0.4, -0.2) is 40.9 Å². The number of halogens is 1. The van der Waals surface area contributed by atoms with Crippen molar-refractivity contribution < 1.29 is 19.5 Å². The highest BCUT2D eigenvalue weighted by Gasteiger charge is 2.29. The minimum Gasteiger partial charge on any atom is -0.480 e. The molecule has 1 aromatic carbocycles. The Kier molecular flexibility index (Phi) is 6.78. The topological polar surface area (TPSA) is 86.7 Å². The fraction of sp³-hybridized carbons (Fsp3) is 0.471. The maximum atomic E-state index is 12.3. The van der Waals surface area contributed by atoms with E-state index in [1.54, 1.807) is 0 Å². The second kappa shape index (κ2) is 8.82. The Balaban J connectivity index is 1.82. The maximum absolute atomic E-state index is 12.3. The molecule has 24 heavy (non-hydrogen) atoms. The number of carbonyl (C=O) groups excluding carboxylic acids is 2. The standard InChI is InChI=1S/C17H21BrN2O4/c18-14-4-1-3-12(9-14)10-20(11-16(22)23)15(21)5-2-8-19-17(24)13-6-7-13/h1,3-4,9,13H,2,5-8,10-11H2,(H,19,24)(H,22,23). The van der Waals surface area contributed by atoms with Crippen LogP contribution < -0.4 is 5.32 Å². The van der Waals surface area contributed by atoms with Gasteiger partial charge in [0.1, 0.15) is 6.54 Å². The Bertz CT molecular complexity index is 616. The van der Waals surface area contributed by atoms with Gasteiger partial charge < -0.3 is 15.3 Å². The Morgan fingerprint density at radius 1 is 1.29 bits per heavy atom. The number of nitrogens with one attached hydrogen (secondary N) is 1. The summed E-state index contributed by atoms with van der Waals surface area (Å²) in [5, 5.41) is 11.8. The zero-order chi connectivity index (χ0) is 17.5. The third-order valence-electron chi connectivity index (χ3n) is 3.76. The number of hydrogen-bond acceptors (Lipinski definition) is 3. The number of rotatable bonds is 9. The van der Waals surface area contributed by atoms with Gasteiger partial charge in [-0.1, -0.05) is 28.1 Å². The first kappa shape index (κ1) is 18.4. The van der Waals surface area contributed by atoms with Gasteiger partial charge in [-0.3, -0.25) is 14.4 Å². The van der Waals surface area contributed by atoms with Crippen LogP contribution >= 0.6 is 15.9 Å². The van der Waals surface area contributed by atoms with Crippen molar-refractivity contribution in [2.24, 2.45) is 5.92 Å². The minimum atomic E-state index is -1.04. The van der Waals surface area contributed by atoms with Crippen molar-refractivity contribution in [2.45, 2.75) is 32.2 Å². The average molecular weight is 397 g/mol. The molecule has 0 atom stereocenters. The fourth-order valence-electron chi connectivity index (χ4n) is 2.35. The van der Waals surface area contributed by atoms with Crippen LogP contribution in [0.1, 0.15) is 31.2 Å². The normalized spacial score (nSPS) is 13.4. The molecule has 0 radical (unpaired) electrons. The summed E-state index contributed by atoms with van der Waals surface area (Å²) in [5.74, 6) is -1.06. The number of hydrogen-bond donors (Lipinski definition) is 2. The molecule has 130 valence electrons. The summed E-state index contributed by atoms with van der Waals surface area (Å²) in [4.78, 5) is 36.1. The zero-order valence-corrected chi connectivity index (χ0v) is 14.9. The molecule has 2 amide bonds. The molecule has 6 nitrogen and oxygen atoms in total. The van der Waals surface area contributed by atoms with Crippen LogP contribution in [0, 0.1) is 5.92 Å². The highest BCUT2D eigenvalue weighted by molar-refractivity contribution is 9.10. The summed E-state index contributed by atoms with van der Waals surface area (Å²) in [6.45, 7) is 0.359. The van der Waals surface area contributed by atoms with Gasteiger partial charge in [-0.2, -0.15) is 0 Å². The van der Waals surface area contributed by atoms with Crippen molar-refractivity contribution in [1.29, 1.82) is 0 Å². The van der Waals surface area contributed by atoms with E-state index in [1.165, 1.54) is 4.90 Å². The molecule has 0 spiro atoms. The Labute approximate surface area is 149 Å². The van der Waals surface area contributed by atoms with Crippen LogP contribution in [0.5, 0.6) is 0 Å². The summed E-state index contributed by atoms with van der Waals surface area (Å²) in [7, 11) is 0. The third-order valence-corrected chi connectivity index (χ3v) is 4.25. The molecule has 1 aliphatic carbocycles. The molecule has 0 aliphatic heterocycles. The molecule has 0 aromatic heterocycles. The lowest BCUT2D eigenvalue weighted by molar-refractivity contribution is -0.144. The van der Waals surface area contributed by atoms with Gasteiger partial charge in [0.05, 0.1) is 0 Å². The number of aliphatic carboxylic acids is 1. The molecule has 2 rings (SSSR count). The van der Waals surface area contributed by atoms with Crippen molar-refractivity contribution >= 4 is 33.7 Å². The smallest absolute Gasteiger partial charge is 0.323 e. The lowest BCUT2D eigenvalue weighted by Crippen LogP contribution is -2.35. The van der Waals surface area contributed by atoms with Crippen LogP contribution in [-0.2, 0) is 20.9 Å². The predicted molar refractivity (Wildman–Crippen MR) is 92.2 cm³/mol. The molecule has 1 saturated carbocycles. The maximum Gasteiger partial charge on any atom is 0.323 e. The van der Waals surface area contributed by atoms with Gasteiger partial charge in [0.25, 0.3) is 0 Å². The number of carbonyl (C=O) groups is 3. The first-order valence-electron chi connectivity index (χ1n) is 7.97. The molecule has 2 N–H and O–H groups in total. The largest absolute Gasteiger partial charge is 0.480 e. The van der Waals surface area contributed by atoms with Crippen molar-refractivity contribution in [2.75, 3.05) is 13.1 Å². The van der Waals surface area contributed by atoms with E-state index in [0.717, 1.165) is 22.9 Å². The molecule has 0 bridgehead atoms. The molecule has 1 fully saturated rings. The van der Waals surface area contributed by atoms with Crippen molar-refractivity contribution in [3.63, 3.8) is 0 Å². The van der Waals surface area contributed by atoms with Crippen LogP contribution in [0.3, 0.4) is 0 Å². The van der Waals surface area contributed by atoms with Gasteiger partial charge in [0, 0.05) is 29.9 Å². The summed E-state index contributed by atoms with van der Waals surface area (Å²) >= 11 is 3.36. The summed E-state index contributed by atoms with van der Waals surface area (Å²) in [6, 6.07) is 7.42. The first-order valence-corrected chi connectivity index (χ1v) is 8.76. The van der Waals surface area contributed by atoms with Gasteiger partial charge in [-0.05, 0) is 37.0 Å². The molecule has 0 heterocycles. The third kappa shape index (κ3) is 6.31. The summed E-state index contributed by atoms with van der Waals surface area (Å²) in [6.07, 6.45) is 2.62. The van der Waals surface area contributed by atoms with E-state index >= 15 is 0 Å². The van der Waals surface area contributed by atoms with E-state index in [-0.39, 0.29) is 37.2 Å². The van der Waals surface area contributed by atoms with E-state index in [4.69, 9.17) is 5.11 Å². The molecule has 1 aliphatic rings. The van der Waals surface area contributed by atoms with Crippen LogP contribution in [0.4, 0.5) is 0 Å².